The lowest BCUT2D eigenvalue weighted by Gasteiger charge is -2.34. The molecule has 0 spiro atoms. The van der Waals surface area contributed by atoms with Crippen molar-refractivity contribution < 1.29 is 18.4 Å². The van der Waals surface area contributed by atoms with Gasteiger partial charge in [0, 0.05) is 37.4 Å². The van der Waals surface area contributed by atoms with Crippen molar-refractivity contribution in [2.75, 3.05) is 43.8 Å². The van der Waals surface area contributed by atoms with Crippen molar-refractivity contribution >= 4 is 29.3 Å². The fourth-order valence-electron chi connectivity index (χ4n) is 3.79. The van der Waals surface area contributed by atoms with Crippen molar-refractivity contribution in [3.63, 3.8) is 0 Å². The number of amides is 2. The number of aryl methyl sites for hydroxylation is 2. The summed E-state index contributed by atoms with van der Waals surface area (Å²) >= 11 is 1.22. The van der Waals surface area contributed by atoms with E-state index in [1.165, 1.54) is 36.0 Å². The minimum absolute atomic E-state index is 0.00781. The second-order valence-electron chi connectivity index (χ2n) is 8.25. The quantitative estimate of drug-likeness (QED) is 0.515. The Morgan fingerprint density at radius 3 is 2.38 bits per heavy atom. The summed E-state index contributed by atoms with van der Waals surface area (Å²) < 4.78 is 18.7. The molecule has 0 radical (unpaired) electrons. The number of thioether (sulfide) groups is 1. The first-order chi connectivity index (χ1) is 16.4. The van der Waals surface area contributed by atoms with Crippen LogP contribution in [0.3, 0.4) is 0 Å². The molecule has 178 valence electrons. The van der Waals surface area contributed by atoms with E-state index in [0.29, 0.717) is 43.0 Å². The third-order valence-corrected chi connectivity index (χ3v) is 6.22. The standard InChI is InChI=1S/C24H26FN5O3S/c1-16-11-17(2)13-18(12-16)23-27-28-24(33-23)34-15-22(32)30-9-7-29(8-10-30)14-21(31)26-20-5-3-19(25)4-6-20/h3-6,11-13H,7-10,14-15H2,1-2H3,(H,26,31). The van der Waals surface area contributed by atoms with Gasteiger partial charge in [-0.05, 0) is 50.2 Å². The topological polar surface area (TPSA) is 91.6 Å². The molecule has 0 bridgehead atoms. The van der Waals surface area contributed by atoms with Crippen LogP contribution >= 0.6 is 11.8 Å². The summed E-state index contributed by atoms with van der Waals surface area (Å²) in [5, 5.41) is 11.3. The van der Waals surface area contributed by atoms with Gasteiger partial charge in [-0.15, -0.1) is 10.2 Å². The highest BCUT2D eigenvalue weighted by atomic mass is 32.2. The van der Waals surface area contributed by atoms with Crippen LogP contribution in [0.5, 0.6) is 0 Å². The number of carbonyl (C=O) groups is 2. The van der Waals surface area contributed by atoms with Crippen molar-refractivity contribution in [2.45, 2.75) is 19.1 Å². The lowest BCUT2D eigenvalue weighted by Crippen LogP contribution is -2.50. The summed E-state index contributed by atoms with van der Waals surface area (Å²) in [4.78, 5) is 28.6. The number of rotatable bonds is 7. The highest BCUT2D eigenvalue weighted by Crippen LogP contribution is 2.25. The van der Waals surface area contributed by atoms with Crippen molar-refractivity contribution in [3.8, 4) is 11.5 Å². The second-order valence-corrected chi connectivity index (χ2v) is 9.18. The number of piperazine rings is 1. The third-order valence-electron chi connectivity index (χ3n) is 5.41. The zero-order valence-electron chi connectivity index (χ0n) is 19.1. The Morgan fingerprint density at radius 2 is 1.71 bits per heavy atom. The normalized spacial score (nSPS) is 14.3. The number of anilines is 1. The highest BCUT2D eigenvalue weighted by Gasteiger charge is 2.23. The van der Waals surface area contributed by atoms with E-state index in [2.05, 4.69) is 21.6 Å². The van der Waals surface area contributed by atoms with Gasteiger partial charge in [0.2, 0.25) is 17.7 Å². The lowest BCUT2D eigenvalue weighted by molar-refractivity contribution is -0.130. The molecule has 0 aliphatic carbocycles. The van der Waals surface area contributed by atoms with Gasteiger partial charge in [0.25, 0.3) is 5.22 Å². The number of nitrogens with one attached hydrogen (secondary N) is 1. The molecule has 2 amide bonds. The molecule has 1 N–H and O–H groups in total. The third kappa shape index (κ3) is 6.42. The molecule has 0 atom stereocenters. The van der Waals surface area contributed by atoms with Crippen LogP contribution < -0.4 is 5.32 Å². The maximum atomic E-state index is 13.0. The average molecular weight is 484 g/mol. The number of halogens is 1. The van der Waals surface area contributed by atoms with Gasteiger partial charge in [0.1, 0.15) is 5.82 Å². The predicted molar refractivity (Wildman–Crippen MR) is 128 cm³/mol. The van der Waals surface area contributed by atoms with Crippen LogP contribution in [0.4, 0.5) is 10.1 Å². The summed E-state index contributed by atoms with van der Waals surface area (Å²) in [5.41, 5.74) is 3.65. The Morgan fingerprint density at radius 1 is 1.03 bits per heavy atom. The Balaban J connectivity index is 1.21. The summed E-state index contributed by atoms with van der Waals surface area (Å²) in [6.07, 6.45) is 0. The molecule has 2 heterocycles. The fourth-order valence-corrected chi connectivity index (χ4v) is 4.46. The maximum absolute atomic E-state index is 13.0. The van der Waals surface area contributed by atoms with E-state index in [4.69, 9.17) is 4.42 Å². The molecule has 8 nitrogen and oxygen atoms in total. The van der Waals surface area contributed by atoms with Crippen LogP contribution in [-0.2, 0) is 9.59 Å². The smallest absolute Gasteiger partial charge is 0.277 e. The molecular weight excluding hydrogens is 457 g/mol. The number of benzene rings is 2. The van der Waals surface area contributed by atoms with Crippen molar-refractivity contribution in [3.05, 3.63) is 59.4 Å². The highest BCUT2D eigenvalue weighted by molar-refractivity contribution is 7.99. The van der Waals surface area contributed by atoms with Crippen LogP contribution in [0.25, 0.3) is 11.5 Å². The Hall–Kier alpha value is -3.24. The van der Waals surface area contributed by atoms with Gasteiger partial charge in [0.05, 0.1) is 12.3 Å². The molecule has 2 aromatic carbocycles. The first kappa shape index (κ1) is 23.9. The number of aromatic nitrogens is 2. The van der Waals surface area contributed by atoms with Gasteiger partial charge in [-0.1, -0.05) is 29.0 Å². The zero-order chi connectivity index (χ0) is 24.1. The molecule has 0 saturated carbocycles. The predicted octanol–water partition coefficient (Wildman–Crippen LogP) is 3.37. The molecule has 1 fully saturated rings. The first-order valence-electron chi connectivity index (χ1n) is 11.0. The number of hydrogen-bond donors (Lipinski definition) is 1. The monoisotopic (exact) mass is 483 g/mol. The van der Waals surface area contributed by atoms with E-state index in [1.807, 2.05) is 30.9 Å². The van der Waals surface area contributed by atoms with Crippen LogP contribution in [-0.4, -0.2) is 70.3 Å². The van der Waals surface area contributed by atoms with E-state index < -0.39 is 0 Å². The van der Waals surface area contributed by atoms with E-state index in [-0.39, 0.29) is 29.9 Å². The van der Waals surface area contributed by atoms with Gasteiger partial charge in [-0.3, -0.25) is 14.5 Å². The molecule has 34 heavy (non-hydrogen) atoms. The summed E-state index contributed by atoms with van der Waals surface area (Å²) in [6, 6.07) is 11.7. The fraction of sp³-hybridized carbons (Fsp3) is 0.333. The second kappa shape index (κ2) is 10.8. The summed E-state index contributed by atoms with van der Waals surface area (Å²) in [5.74, 6) is 0.121. The minimum Gasteiger partial charge on any atom is -0.411 e. The number of hydrogen-bond acceptors (Lipinski definition) is 7. The average Bonchev–Trinajstić information content (AvgIpc) is 3.28. The Kier molecular flexibility index (Phi) is 7.59. The van der Waals surface area contributed by atoms with Crippen LogP contribution in [0.1, 0.15) is 11.1 Å². The molecule has 1 aliphatic heterocycles. The molecular formula is C24H26FN5O3S. The van der Waals surface area contributed by atoms with Crippen LogP contribution in [0.15, 0.2) is 52.1 Å². The Labute approximate surface area is 201 Å². The van der Waals surface area contributed by atoms with Gasteiger partial charge in [-0.25, -0.2) is 4.39 Å². The molecule has 0 unspecified atom stereocenters. The summed E-state index contributed by atoms with van der Waals surface area (Å²) in [6.45, 7) is 6.53. The molecule has 1 aliphatic rings. The van der Waals surface area contributed by atoms with Gasteiger partial charge in [0.15, 0.2) is 0 Å². The van der Waals surface area contributed by atoms with E-state index in [0.717, 1.165) is 16.7 Å². The lowest BCUT2D eigenvalue weighted by atomic mass is 10.1. The molecule has 10 heteroatoms. The van der Waals surface area contributed by atoms with E-state index in [1.54, 1.807) is 4.90 Å². The van der Waals surface area contributed by atoms with Crippen molar-refractivity contribution in [1.82, 2.24) is 20.0 Å². The van der Waals surface area contributed by atoms with Gasteiger partial charge in [-0.2, -0.15) is 0 Å². The SMILES string of the molecule is Cc1cc(C)cc(-c2nnc(SCC(=O)N3CCN(CC(=O)Nc4ccc(F)cc4)CC3)o2)c1. The number of nitrogens with zero attached hydrogens (tertiary/aromatic N) is 4. The van der Waals surface area contributed by atoms with Crippen molar-refractivity contribution in [1.29, 1.82) is 0 Å². The van der Waals surface area contributed by atoms with Gasteiger partial charge < -0.3 is 14.6 Å². The summed E-state index contributed by atoms with van der Waals surface area (Å²) in [7, 11) is 0. The molecule has 3 aromatic rings. The number of carbonyl (C=O) groups excluding carboxylic acids is 2. The van der Waals surface area contributed by atoms with Gasteiger partial charge >= 0.3 is 0 Å². The molecule has 1 saturated heterocycles. The Bertz CT molecular complexity index is 1140. The molecule has 4 rings (SSSR count). The first-order valence-corrected chi connectivity index (χ1v) is 11.9. The molecule has 1 aromatic heterocycles. The van der Waals surface area contributed by atoms with Crippen molar-refractivity contribution in [2.24, 2.45) is 0 Å². The minimum atomic E-state index is -0.349. The van der Waals surface area contributed by atoms with E-state index in [9.17, 15) is 14.0 Å². The van der Waals surface area contributed by atoms with Crippen LogP contribution in [0, 0.1) is 19.7 Å². The van der Waals surface area contributed by atoms with Crippen LogP contribution in [0.2, 0.25) is 0 Å². The van der Waals surface area contributed by atoms with E-state index >= 15 is 0 Å². The largest absolute Gasteiger partial charge is 0.411 e. The zero-order valence-corrected chi connectivity index (χ0v) is 19.9. The maximum Gasteiger partial charge on any atom is 0.277 e.